The molecule has 0 aliphatic rings. The van der Waals surface area contributed by atoms with Gasteiger partial charge in [0.2, 0.25) is 0 Å². The Balaban J connectivity index is 1.69. The van der Waals surface area contributed by atoms with Crippen LogP contribution in [0.1, 0.15) is 5.56 Å². The zero-order valence-corrected chi connectivity index (χ0v) is 18.2. The topological polar surface area (TPSA) is 125 Å². The first-order valence-electron chi connectivity index (χ1n) is 8.95. The van der Waals surface area contributed by atoms with E-state index in [-0.39, 0.29) is 29.7 Å². The number of nitrogens with two attached hydrogens (primary N) is 1. The molecule has 0 spiro atoms. The molecular formula is C19H13Cl3FN7O2. The van der Waals surface area contributed by atoms with Crippen molar-refractivity contribution >= 4 is 52.2 Å². The quantitative estimate of drug-likeness (QED) is 0.399. The predicted molar refractivity (Wildman–Crippen MR) is 118 cm³/mol. The van der Waals surface area contributed by atoms with Crippen LogP contribution in [0.25, 0.3) is 22.9 Å². The highest BCUT2D eigenvalue weighted by Gasteiger charge is 2.31. The van der Waals surface area contributed by atoms with Gasteiger partial charge in [-0.3, -0.25) is 9.48 Å². The van der Waals surface area contributed by atoms with Gasteiger partial charge in [-0.05, 0) is 12.1 Å². The summed E-state index contributed by atoms with van der Waals surface area (Å²) in [6.07, 6.45) is 2.67. The molecule has 1 aromatic carbocycles. The van der Waals surface area contributed by atoms with Crippen LogP contribution < -0.4 is 11.1 Å². The maximum atomic E-state index is 14.2. The molecule has 3 N–H and O–H groups in total. The summed E-state index contributed by atoms with van der Waals surface area (Å²) in [6.45, 7) is 0.127. The predicted octanol–water partition coefficient (Wildman–Crippen LogP) is 4.07. The van der Waals surface area contributed by atoms with Crippen molar-refractivity contribution in [3.8, 4) is 22.9 Å². The molecule has 9 nitrogen and oxygen atoms in total. The third-order valence-corrected chi connectivity index (χ3v) is 4.83. The van der Waals surface area contributed by atoms with Gasteiger partial charge in [0.15, 0.2) is 11.6 Å². The number of rotatable bonds is 5. The Labute approximate surface area is 195 Å². The number of anilines is 2. The molecule has 0 aliphatic carbocycles. The van der Waals surface area contributed by atoms with Gasteiger partial charge in [0.1, 0.15) is 29.2 Å². The largest absolute Gasteiger partial charge is 0.382 e. The molecule has 0 radical (unpaired) electrons. The number of nitrogens with zero attached hydrogens (tertiary/aromatic N) is 5. The third-order valence-electron chi connectivity index (χ3n) is 4.31. The molecule has 4 aromatic rings. The number of carbonyl (C=O) groups excluding carboxylic acids is 1. The fourth-order valence-corrected chi connectivity index (χ4v) is 2.94. The molecular weight excluding hydrogens is 484 g/mol. The van der Waals surface area contributed by atoms with Crippen molar-refractivity contribution in [3.63, 3.8) is 0 Å². The van der Waals surface area contributed by atoms with E-state index in [2.05, 4.69) is 25.5 Å². The van der Waals surface area contributed by atoms with Crippen molar-refractivity contribution in [3.05, 3.63) is 60.2 Å². The molecule has 1 amide bonds. The molecule has 0 bridgehead atoms. The number of hydrogen-bond acceptors (Lipinski definition) is 7. The molecule has 0 fully saturated rings. The number of alkyl halides is 3. The fraction of sp³-hybridized carbons (Fsp3) is 0.105. The highest BCUT2D eigenvalue weighted by atomic mass is 35.6. The molecule has 32 heavy (non-hydrogen) atoms. The molecule has 0 unspecified atom stereocenters. The van der Waals surface area contributed by atoms with E-state index in [0.717, 1.165) is 0 Å². The maximum absolute atomic E-state index is 14.2. The van der Waals surface area contributed by atoms with Gasteiger partial charge in [-0.15, -0.1) is 0 Å². The molecule has 13 heteroatoms. The lowest BCUT2D eigenvalue weighted by molar-refractivity contribution is -0.115. The Morgan fingerprint density at radius 1 is 1.22 bits per heavy atom. The summed E-state index contributed by atoms with van der Waals surface area (Å²) in [5, 5.41) is 10.7. The lowest BCUT2D eigenvalue weighted by atomic mass is 10.2. The van der Waals surface area contributed by atoms with Crippen LogP contribution in [0.2, 0.25) is 0 Å². The number of carbonyl (C=O) groups is 1. The first-order valence-corrected chi connectivity index (χ1v) is 10.1. The van der Waals surface area contributed by atoms with Crippen LogP contribution in [0.3, 0.4) is 0 Å². The second kappa shape index (κ2) is 8.73. The second-order valence-electron chi connectivity index (χ2n) is 6.49. The lowest BCUT2D eigenvalue weighted by Gasteiger charge is -2.12. The SMILES string of the molecule is Nc1nc(-c2cc(-c3ccon3)n(Cc3ccccc3F)n2)ncc1NC(=O)C(Cl)(Cl)Cl. The van der Waals surface area contributed by atoms with Gasteiger partial charge in [0.05, 0.1) is 18.4 Å². The van der Waals surface area contributed by atoms with Gasteiger partial charge in [-0.2, -0.15) is 5.10 Å². The summed E-state index contributed by atoms with van der Waals surface area (Å²) in [6, 6.07) is 9.65. The van der Waals surface area contributed by atoms with Crippen LogP contribution in [-0.4, -0.2) is 34.6 Å². The minimum atomic E-state index is -2.18. The number of benzene rings is 1. The van der Waals surface area contributed by atoms with Crippen molar-refractivity contribution in [1.82, 2.24) is 24.9 Å². The fourth-order valence-electron chi connectivity index (χ4n) is 2.79. The molecule has 0 aliphatic heterocycles. The smallest absolute Gasteiger partial charge is 0.276 e. The number of nitrogens with one attached hydrogen (secondary N) is 1. The monoisotopic (exact) mass is 495 g/mol. The summed E-state index contributed by atoms with van der Waals surface area (Å²) in [4.78, 5) is 20.2. The Bertz CT molecular complexity index is 1270. The van der Waals surface area contributed by atoms with Crippen LogP contribution in [0.15, 0.2) is 53.4 Å². The van der Waals surface area contributed by atoms with Crippen LogP contribution in [0.4, 0.5) is 15.9 Å². The minimum absolute atomic E-state index is 0.0626. The summed E-state index contributed by atoms with van der Waals surface area (Å²) < 4.78 is 18.5. The van der Waals surface area contributed by atoms with Gasteiger partial charge in [-0.1, -0.05) is 58.2 Å². The normalized spacial score (nSPS) is 11.5. The number of halogens is 4. The van der Waals surface area contributed by atoms with Crippen molar-refractivity contribution in [1.29, 1.82) is 0 Å². The maximum Gasteiger partial charge on any atom is 0.276 e. The van der Waals surface area contributed by atoms with Gasteiger partial charge in [-0.25, -0.2) is 14.4 Å². The van der Waals surface area contributed by atoms with Crippen LogP contribution in [-0.2, 0) is 11.3 Å². The number of nitrogen functional groups attached to an aromatic ring is 1. The zero-order chi connectivity index (χ0) is 22.9. The van der Waals surface area contributed by atoms with E-state index in [0.29, 0.717) is 22.6 Å². The molecule has 0 saturated heterocycles. The molecule has 3 heterocycles. The molecule has 0 saturated carbocycles. The minimum Gasteiger partial charge on any atom is -0.382 e. The highest BCUT2D eigenvalue weighted by Crippen LogP contribution is 2.30. The number of amides is 1. The second-order valence-corrected chi connectivity index (χ2v) is 8.77. The van der Waals surface area contributed by atoms with Gasteiger partial charge in [0.25, 0.3) is 9.70 Å². The summed E-state index contributed by atoms with van der Waals surface area (Å²) >= 11 is 16.6. The highest BCUT2D eigenvalue weighted by molar-refractivity contribution is 6.76. The molecule has 3 aromatic heterocycles. The first kappa shape index (κ1) is 22.0. The number of aromatic nitrogens is 5. The van der Waals surface area contributed by atoms with Crippen LogP contribution in [0, 0.1) is 5.82 Å². The number of hydrogen-bond donors (Lipinski definition) is 2. The van der Waals surface area contributed by atoms with Gasteiger partial charge < -0.3 is 15.6 Å². The van der Waals surface area contributed by atoms with E-state index in [1.165, 1.54) is 18.5 Å². The van der Waals surface area contributed by atoms with Crippen molar-refractivity contribution < 1.29 is 13.7 Å². The van der Waals surface area contributed by atoms with Gasteiger partial charge >= 0.3 is 0 Å². The Kier molecular flexibility index (Phi) is 6.00. The summed E-state index contributed by atoms with van der Waals surface area (Å²) in [5.41, 5.74) is 7.79. The molecule has 0 atom stereocenters. The van der Waals surface area contributed by atoms with Crippen LogP contribution >= 0.6 is 34.8 Å². The third kappa shape index (κ3) is 4.67. The van der Waals surface area contributed by atoms with Crippen molar-refractivity contribution in [2.24, 2.45) is 0 Å². The Hall–Kier alpha value is -3.21. The van der Waals surface area contributed by atoms with E-state index in [1.54, 1.807) is 35.0 Å². The standard InChI is InChI=1S/C19H13Cl3FN7O2/c20-19(21,22)18(31)26-14-8-25-17(27-16(14)24)13-7-15(12-5-6-32-29-12)30(28-13)9-10-3-1-2-4-11(10)23/h1-8H,9H2,(H,26,31)(H2,24,25,27). The zero-order valence-electron chi connectivity index (χ0n) is 16.0. The average Bonchev–Trinajstić information content (AvgIpc) is 3.40. The van der Waals surface area contributed by atoms with E-state index < -0.39 is 9.70 Å². The summed E-state index contributed by atoms with van der Waals surface area (Å²) in [5.74, 6) is -1.19. The van der Waals surface area contributed by atoms with E-state index >= 15 is 0 Å². The Morgan fingerprint density at radius 3 is 2.66 bits per heavy atom. The average molecular weight is 497 g/mol. The van der Waals surface area contributed by atoms with Gasteiger partial charge in [0, 0.05) is 11.6 Å². The van der Waals surface area contributed by atoms with Crippen molar-refractivity contribution in [2.75, 3.05) is 11.1 Å². The lowest BCUT2D eigenvalue weighted by Crippen LogP contribution is -2.27. The van der Waals surface area contributed by atoms with E-state index in [1.807, 2.05) is 0 Å². The molecule has 4 rings (SSSR count). The molecule has 164 valence electrons. The van der Waals surface area contributed by atoms with E-state index in [9.17, 15) is 9.18 Å². The first-order chi connectivity index (χ1) is 15.2. The van der Waals surface area contributed by atoms with Crippen LogP contribution in [0.5, 0.6) is 0 Å². The van der Waals surface area contributed by atoms with Crippen molar-refractivity contribution in [2.45, 2.75) is 10.3 Å². The van der Waals surface area contributed by atoms with E-state index in [4.69, 9.17) is 45.1 Å². The summed E-state index contributed by atoms with van der Waals surface area (Å²) in [7, 11) is 0. The Morgan fingerprint density at radius 2 is 2.00 bits per heavy atom.